The van der Waals surface area contributed by atoms with E-state index in [9.17, 15) is 10.1 Å². The highest BCUT2D eigenvalue weighted by Crippen LogP contribution is 2.22. The van der Waals surface area contributed by atoms with Crippen LogP contribution in [0.3, 0.4) is 0 Å². The molecular formula is C8H11N3O2. The standard InChI is InChI=1S/C8H11N3O2/c12-11(13)5-4-8-6-2-1-3-7(6)9-10-8/h1-5H2,(H,9,10). The van der Waals surface area contributed by atoms with Gasteiger partial charge in [-0.05, 0) is 24.8 Å². The van der Waals surface area contributed by atoms with Gasteiger partial charge in [0.25, 0.3) is 0 Å². The van der Waals surface area contributed by atoms with Crippen molar-refractivity contribution in [2.24, 2.45) is 0 Å². The van der Waals surface area contributed by atoms with E-state index in [0.717, 1.165) is 25.0 Å². The highest BCUT2D eigenvalue weighted by atomic mass is 16.6. The van der Waals surface area contributed by atoms with Crippen molar-refractivity contribution in [1.29, 1.82) is 0 Å². The van der Waals surface area contributed by atoms with Crippen LogP contribution in [0, 0.1) is 10.1 Å². The molecule has 5 heteroatoms. The van der Waals surface area contributed by atoms with Crippen LogP contribution in [-0.2, 0) is 19.3 Å². The SMILES string of the molecule is O=[N+]([O-])CCc1n[nH]c2c1CCC2. The molecule has 1 aliphatic carbocycles. The molecule has 0 radical (unpaired) electrons. The van der Waals surface area contributed by atoms with E-state index >= 15 is 0 Å². The second-order valence-electron chi connectivity index (χ2n) is 3.29. The lowest BCUT2D eigenvalue weighted by atomic mass is 10.1. The van der Waals surface area contributed by atoms with Gasteiger partial charge < -0.3 is 0 Å². The van der Waals surface area contributed by atoms with Crippen molar-refractivity contribution >= 4 is 0 Å². The lowest BCUT2D eigenvalue weighted by Crippen LogP contribution is -2.05. The van der Waals surface area contributed by atoms with Crippen LogP contribution < -0.4 is 0 Å². The van der Waals surface area contributed by atoms with Crippen molar-refractivity contribution in [3.63, 3.8) is 0 Å². The average molecular weight is 181 g/mol. The third-order valence-corrected chi connectivity index (χ3v) is 2.42. The van der Waals surface area contributed by atoms with Gasteiger partial charge in [0.1, 0.15) is 0 Å². The molecule has 1 heterocycles. The normalized spacial score (nSPS) is 14.5. The number of nitrogens with zero attached hydrogens (tertiary/aromatic N) is 2. The first-order valence-corrected chi connectivity index (χ1v) is 4.44. The van der Waals surface area contributed by atoms with Crippen molar-refractivity contribution in [2.75, 3.05) is 6.54 Å². The molecule has 1 aliphatic rings. The minimum atomic E-state index is -0.296. The van der Waals surface area contributed by atoms with Gasteiger partial charge in [-0.25, -0.2) is 0 Å². The predicted molar refractivity (Wildman–Crippen MR) is 46.2 cm³/mol. The van der Waals surface area contributed by atoms with Gasteiger partial charge in [0, 0.05) is 10.6 Å². The van der Waals surface area contributed by atoms with Crippen molar-refractivity contribution in [1.82, 2.24) is 10.2 Å². The summed E-state index contributed by atoms with van der Waals surface area (Å²) in [5.41, 5.74) is 3.30. The van der Waals surface area contributed by atoms with Gasteiger partial charge in [-0.3, -0.25) is 15.2 Å². The van der Waals surface area contributed by atoms with Crippen LogP contribution in [0.15, 0.2) is 0 Å². The average Bonchev–Trinajstić information content (AvgIpc) is 2.60. The van der Waals surface area contributed by atoms with E-state index in [4.69, 9.17) is 0 Å². The van der Waals surface area contributed by atoms with Gasteiger partial charge in [-0.2, -0.15) is 5.10 Å². The molecule has 5 nitrogen and oxygen atoms in total. The first-order chi connectivity index (χ1) is 6.27. The quantitative estimate of drug-likeness (QED) is 0.551. The highest BCUT2D eigenvalue weighted by Gasteiger charge is 2.18. The molecule has 1 aromatic rings. The second-order valence-corrected chi connectivity index (χ2v) is 3.29. The molecular weight excluding hydrogens is 170 g/mol. The van der Waals surface area contributed by atoms with Gasteiger partial charge in [0.15, 0.2) is 0 Å². The lowest BCUT2D eigenvalue weighted by Gasteiger charge is -1.94. The zero-order chi connectivity index (χ0) is 9.26. The van der Waals surface area contributed by atoms with E-state index in [2.05, 4.69) is 10.2 Å². The Kier molecular flexibility index (Phi) is 2.00. The Bertz CT molecular complexity index is 332. The van der Waals surface area contributed by atoms with E-state index in [0.29, 0.717) is 6.42 Å². The minimum absolute atomic E-state index is 0.0166. The monoisotopic (exact) mass is 181 g/mol. The summed E-state index contributed by atoms with van der Waals surface area (Å²) in [6.45, 7) is -0.0166. The summed E-state index contributed by atoms with van der Waals surface area (Å²) in [5.74, 6) is 0. The number of nitrogens with one attached hydrogen (secondary N) is 1. The summed E-state index contributed by atoms with van der Waals surface area (Å²) in [4.78, 5) is 9.87. The summed E-state index contributed by atoms with van der Waals surface area (Å²) < 4.78 is 0. The Labute approximate surface area is 75.3 Å². The van der Waals surface area contributed by atoms with Gasteiger partial charge in [0.05, 0.1) is 12.1 Å². The van der Waals surface area contributed by atoms with E-state index in [1.54, 1.807) is 0 Å². The number of H-pyrrole nitrogens is 1. The van der Waals surface area contributed by atoms with E-state index in [1.165, 1.54) is 11.3 Å². The van der Waals surface area contributed by atoms with Crippen LogP contribution in [0.25, 0.3) is 0 Å². The number of hydrogen-bond acceptors (Lipinski definition) is 3. The molecule has 70 valence electrons. The molecule has 1 aromatic heterocycles. The number of fused-ring (bicyclic) bond motifs is 1. The fourth-order valence-electron chi connectivity index (χ4n) is 1.79. The number of rotatable bonds is 3. The Hall–Kier alpha value is -1.39. The number of aromatic nitrogens is 2. The molecule has 0 aromatic carbocycles. The zero-order valence-corrected chi connectivity index (χ0v) is 7.25. The molecule has 0 aliphatic heterocycles. The zero-order valence-electron chi connectivity index (χ0n) is 7.25. The molecule has 1 N–H and O–H groups in total. The topological polar surface area (TPSA) is 71.8 Å². The molecule has 0 spiro atoms. The fourth-order valence-corrected chi connectivity index (χ4v) is 1.79. The second kappa shape index (κ2) is 3.16. The Balaban J connectivity index is 2.08. The van der Waals surface area contributed by atoms with Crippen molar-refractivity contribution < 1.29 is 4.92 Å². The third kappa shape index (κ3) is 1.54. The number of hydrogen-bond donors (Lipinski definition) is 1. The molecule has 0 saturated heterocycles. The smallest absolute Gasteiger partial charge is 0.209 e. The van der Waals surface area contributed by atoms with Gasteiger partial charge >= 0.3 is 0 Å². The summed E-state index contributed by atoms with van der Waals surface area (Å²) in [7, 11) is 0. The Morgan fingerprint density at radius 2 is 2.38 bits per heavy atom. The summed E-state index contributed by atoms with van der Waals surface area (Å²) >= 11 is 0. The molecule has 0 unspecified atom stereocenters. The van der Waals surface area contributed by atoms with Crippen molar-refractivity contribution in [3.8, 4) is 0 Å². The largest absolute Gasteiger partial charge is 0.282 e. The molecule has 0 bridgehead atoms. The number of aromatic amines is 1. The fraction of sp³-hybridized carbons (Fsp3) is 0.625. The molecule has 13 heavy (non-hydrogen) atoms. The molecule has 0 atom stereocenters. The van der Waals surface area contributed by atoms with Crippen LogP contribution in [-0.4, -0.2) is 21.7 Å². The van der Waals surface area contributed by atoms with E-state index in [-0.39, 0.29) is 11.5 Å². The number of aryl methyl sites for hydroxylation is 1. The number of nitro groups is 1. The van der Waals surface area contributed by atoms with Crippen molar-refractivity contribution in [3.05, 3.63) is 27.1 Å². The molecule has 0 fully saturated rings. The maximum Gasteiger partial charge on any atom is 0.209 e. The van der Waals surface area contributed by atoms with E-state index < -0.39 is 0 Å². The van der Waals surface area contributed by atoms with Crippen molar-refractivity contribution in [2.45, 2.75) is 25.7 Å². The maximum atomic E-state index is 10.2. The lowest BCUT2D eigenvalue weighted by molar-refractivity contribution is -0.479. The highest BCUT2D eigenvalue weighted by molar-refractivity contribution is 5.29. The maximum absolute atomic E-state index is 10.2. The molecule has 0 amide bonds. The minimum Gasteiger partial charge on any atom is -0.282 e. The molecule has 2 rings (SSSR count). The summed E-state index contributed by atoms with van der Waals surface area (Å²) in [6, 6.07) is 0. The van der Waals surface area contributed by atoms with Crippen LogP contribution >= 0.6 is 0 Å². The Morgan fingerprint density at radius 3 is 3.15 bits per heavy atom. The van der Waals surface area contributed by atoms with Gasteiger partial charge in [-0.15, -0.1) is 0 Å². The van der Waals surface area contributed by atoms with Crippen LogP contribution in [0.4, 0.5) is 0 Å². The van der Waals surface area contributed by atoms with Crippen LogP contribution in [0.2, 0.25) is 0 Å². The first kappa shape index (κ1) is 8.22. The predicted octanol–water partition coefficient (Wildman–Crippen LogP) is 0.718. The Morgan fingerprint density at radius 1 is 1.54 bits per heavy atom. The van der Waals surface area contributed by atoms with Gasteiger partial charge in [0.2, 0.25) is 6.54 Å². The molecule has 0 saturated carbocycles. The van der Waals surface area contributed by atoms with Crippen LogP contribution in [0.5, 0.6) is 0 Å². The van der Waals surface area contributed by atoms with Crippen LogP contribution in [0.1, 0.15) is 23.4 Å². The summed E-state index contributed by atoms with van der Waals surface area (Å²) in [5, 5.41) is 17.2. The summed E-state index contributed by atoms with van der Waals surface area (Å²) in [6.07, 6.45) is 3.67. The third-order valence-electron chi connectivity index (χ3n) is 2.42. The first-order valence-electron chi connectivity index (χ1n) is 4.44. The van der Waals surface area contributed by atoms with Gasteiger partial charge in [-0.1, -0.05) is 0 Å². The van der Waals surface area contributed by atoms with E-state index in [1.807, 2.05) is 0 Å².